The Morgan fingerprint density at radius 1 is 0.871 bits per heavy atom. The lowest BCUT2D eigenvalue weighted by molar-refractivity contribution is 0.102. The van der Waals surface area contributed by atoms with Gasteiger partial charge < -0.3 is 5.32 Å². The van der Waals surface area contributed by atoms with E-state index in [-0.39, 0.29) is 5.91 Å². The summed E-state index contributed by atoms with van der Waals surface area (Å²) in [6.45, 7) is 5.91. The van der Waals surface area contributed by atoms with E-state index in [4.69, 9.17) is 39.8 Å². The molecule has 3 nitrogen and oxygen atoms in total. The molecule has 4 rings (SSSR count). The number of benzene rings is 3. The van der Waals surface area contributed by atoms with E-state index in [1.165, 1.54) is 0 Å². The van der Waals surface area contributed by atoms with E-state index in [0.29, 0.717) is 26.3 Å². The van der Waals surface area contributed by atoms with Crippen LogP contribution in [0.5, 0.6) is 0 Å². The minimum absolute atomic E-state index is 0.269. The first-order chi connectivity index (χ1) is 14.7. The Labute approximate surface area is 196 Å². The lowest BCUT2D eigenvalue weighted by Crippen LogP contribution is -2.16. The topological polar surface area (TPSA) is 42.0 Å². The highest BCUT2D eigenvalue weighted by Crippen LogP contribution is 2.34. The van der Waals surface area contributed by atoms with Crippen LogP contribution in [0.4, 0.5) is 5.69 Å². The number of rotatable bonds is 3. The zero-order valence-corrected chi connectivity index (χ0v) is 19.5. The van der Waals surface area contributed by atoms with Crippen LogP contribution < -0.4 is 5.32 Å². The van der Waals surface area contributed by atoms with Crippen LogP contribution in [0.3, 0.4) is 0 Å². The van der Waals surface area contributed by atoms with Gasteiger partial charge in [-0.15, -0.1) is 0 Å². The maximum absolute atomic E-state index is 13.5. The molecule has 3 aromatic carbocycles. The number of carbonyl (C=O) groups is 1. The van der Waals surface area contributed by atoms with Crippen molar-refractivity contribution in [1.29, 1.82) is 0 Å². The Balaban J connectivity index is 1.95. The second-order valence-corrected chi connectivity index (χ2v) is 8.80. The number of halogens is 3. The molecule has 0 aliphatic heterocycles. The summed E-state index contributed by atoms with van der Waals surface area (Å²) >= 11 is 18.4. The van der Waals surface area contributed by atoms with E-state index in [1.807, 2.05) is 51.1 Å². The SMILES string of the molecule is Cc1cc(C)c2nc(-c3ccc(Cl)cc3)c(C)c(C(=O)Nc3cc(Cl)ccc3Cl)c2c1. The summed E-state index contributed by atoms with van der Waals surface area (Å²) in [5.41, 5.74) is 6.25. The lowest BCUT2D eigenvalue weighted by Gasteiger charge is -2.17. The molecule has 0 saturated carbocycles. The van der Waals surface area contributed by atoms with Crippen molar-refractivity contribution in [3.63, 3.8) is 0 Å². The first kappa shape index (κ1) is 21.6. The molecule has 0 unspecified atom stereocenters. The summed E-state index contributed by atoms with van der Waals surface area (Å²) in [5, 5.41) is 5.26. The number of carbonyl (C=O) groups excluding carboxylic acids is 1. The van der Waals surface area contributed by atoms with Gasteiger partial charge in [-0.05, 0) is 68.3 Å². The smallest absolute Gasteiger partial charge is 0.256 e. The third kappa shape index (κ3) is 4.27. The number of amides is 1. The summed E-state index contributed by atoms with van der Waals surface area (Å²) in [4.78, 5) is 18.4. The predicted molar refractivity (Wildman–Crippen MR) is 131 cm³/mol. The van der Waals surface area contributed by atoms with Gasteiger partial charge in [0.05, 0.1) is 27.5 Å². The molecule has 31 heavy (non-hydrogen) atoms. The summed E-state index contributed by atoms with van der Waals surface area (Å²) in [7, 11) is 0. The Morgan fingerprint density at radius 2 is 1.55 bits per heavy atom. The van der Waals surface area contributed by atoms with Crippen molar-refractivity contribution in [2.75, 3.05) is 5.32 Å². The fraction of sp³-hybridized carbons (Fsp3) is 0.120. The van der Waals surface area contributed by atoms with E-state index in [2.05, 4.69) is 11.4 Å². The maximum atomic E-state index is 13.5. The number of nitrogens with one attached hydrogen (secondary N) is 1. The van der Waals surface area contributed by atoms with Crippen molar-refractivity contribution in [3.8, 4) is 11.3 Å². The van der Waals surface area contributed by atoms with Crippen LogP contribution >= 0.6 is 34.8 Å². The Bertz CT molecular complexity index is 1330. The Hall–Kier alpha value is -2.59. The molecular formula is C25H19Cl3N2O. The molecular weight excluding hydrogens is 451 g/mol. The van der Waals surface area contributed by atoms with Gasteiger partial charge in [-0.1, -0.05) is 58.6 Å². The van der Waals surface area contributed by atoms with Crippen molar-refractivity contribution in [3.05, 3.63) is 91.9 Å². The van der Waals surface area contributed by atoms with Gasteiger partial charge in [-0.2, -0.15) is 0 Å². The normalized spacial score (nSPS) is 11.0. The van der Waals surface area contributed by atoms with Crippen LogP contribution in [-0.4, -0.2) is 10.9 Å². The quantitative estimate of drug-likeness (QED) is 0.330. The monoisotopic (exact) mass is 468 g/mol. The standard InChI is InChI=1S/C25H19Cl3N2O/c1-13-10-14(2)23-19(11-13)22(25(31)29-21-12-18(27)8-9-20(21)28)15(3)24(30-23)16-4-6-17(26)7-5-16/h4-12H,1-3H3,(H,29,31). The van der Waals surface area contributed by atoms with Gasteiger partial charge in [0, 0.05) is 21.0 Å². The lowest BCUT2D eigenvalue weighted by atomic mass is 9.94. The molecule has 0 fully saturated rings. The molecule has 6 heteroatoms. The van der Waals surface area contributed by atoms with Crippen molar-refractivity contribution in [2.24, 2.45) is 0 Å². The Morgan fingerprint density at radius 3 is 2.26 bits per heavy atom. The van der Waals surface area contributed by atoms with Crippen LogP contribution in [0.15, 0.2) is 54.6 Å². The third-order valence-corrected chi connectivity index (χ3v) is 6.01. The number of fused-ring (bicyclic) bond motifs is 1. The predicted octanol–water partition coefficient (Wildman–Crippen LogP) is 8.04. The minimum atomic E-state index is -0.269. The van der Waals surface area contributed by atoms with Gasteiger partial charge in [0.1, 0.15) is 0 Å². The van der Waals surface area contributed by atoms with E-state index in [9.17, 15) is 4.79 Å². The third-order valence-electron chi connectivity index (χ3n) is 5.19. The maximum Gasteiger partial charge on any atom is 0.256 e. The van der Waals surface area contributed by atoms with Crippen molar-refractivity contribution in [2.45, 2.75) is 20.8 Å². The van der Waals surface area contributed by atoms with E-state index in [1.54, 1.807) is 18.2 Å². The van der Waals surface area contributed by atoms with Gasteiger partial charge in [-0.3, -0.25) is 4.79 Å². The largest absolute Gasteiger partial charge is 0.321 e. The summed E-state index contributed by atoms with van der Waals surface area (Å²) in [5.74, 6) is -0.269. The van der Waals surface area contributed by atoms with Gasteiger partial charge >= 0.3 is 0 Å². The highest BCUT2D eigenvalue weighted by Gasteiger charge is 2.21. The molecule has 0 radical (unpaired) electrons. The number of anilines is 1. The molecule has 0 saturated heterocycles. The number of pyridine rings is 1. The molecule has 0 spiro atoms. The van der Waals surface area contributed by atoms with Crippen molar-refractivity contribution in [1.82, 2.24) is 4.98 Å². The van der Waals surface area contributed by atoms with Crippen LogP contribution in [0.1, 0.15) is 27.0 Å². The summed E-state index contributed by atoms with van der Waals surface area (Å²) in [6, 6.07) is 16.5. The average molecular weight is 470 g/mol. The molecule has 1 N–H and O–H groups in total. The van der Waals surface area contributed by atoms with E-state index >= 15 is 0 Å². The zero-order chi connectivity index (χ0) is 22.3. The fourth-order valence-electron chi connectivity index (χ4n) is 3.77. The van der Waals surface area contributed by atoms with Crippen LogP contribution in [0, 0.1) is 20.8 Å². The second-order valence-electron chi connectivity index (χ2n) is 7.52. The number of nitrogens with zero attached hydrogens (tertiary/aromatic N) is 1. The first-order valence-electron chi connectivity index (χ1n) is 9.68. The molecule has 4 aromatic rings. The molecule has 1 amide bonds. The number of hydrogen-bond donors (Lipinski definition) is 1. The molecule has 1 heterocycles. The zero-order valence-electron chi connectivity index (χ0n) is 17.2. The highest BCUT2D eigenvalue weighted by molar-refractivity contribution is 6.36. The molecule has 156 valence electrons. The molecule has 0 bridgehead atoms. The van der Waals surface area contributed by atoms with Crippen molar-refractivity contribution < 1.29 is 4.79 Å². The Kier molecular flexibility index (Phi) is 5.94. The van der Waals surface area contributed by atoms with Gasteiger partial charge in [0.25, 0.3) is 5.91 Å². The van der Waals surface area contributed by atoms with Gasteiger partial charge in [-0.25, -0.2) is 4.98 Å². The summed E-state index contributed by atoms with van der Waals surface area (Å²) < 4.78 is 0. The van der Waals surface area contributed by atoms with Crippen LogP contribution in [0.2, 0.25) is 15.1 Å². The van der Waals surface area contributed by atoms with E-state index in [0.717, 1.165) is 38.9 Å². The average Bonchev–Trinajstić information content (AvgIpc) is 2.71. The highest BCUT2D eigenvalue weighted by atomic mass is 35.5. The minimum Gasteiger partial charge on any atom is -0.321 e. The van der Waals surface area contributed by atoms with Gasteiger partial charge in [0.2, 0.25) is 0 Å². The first-order valence-corrected chi connectivity index (χ1v) is 10.8. The molecule has 1 aromatic heterocycles. The molecule has 0 aliphatic carbocycles. The number of hydrogen-bond acceptors (Lipinski definition) is 2. The van der Waals surface area contributed by atoms with Crippen molar-refractivity contribution >= 4 is 57.3 Å². The van der Waals surface area contributed by atoms with E-state index < -0.39 is 0 Å². The van der Waals surface area contributed by atoms with Crippen LogP contribution in [-0.2, 0) is 0 Å². The molecule has 0 atom stereocenters. The molecule has 0 aliphatic rings. The summed E-state index contributed by atoms with van der Waals surface area (Å²) in [6.07, 6.45) is 0. The number of aryl methyl sites for hydroxylation is 2. The second kappa shape index (κ2) is 8.51. The fourth-order valence-corrected chi connectivity index (χ4v) is 4.24. The van der Waals surface area contributed by atoms with Gasteiger partial charge in [0.15, 0.2) is 0 Å². The van der Waals surface area contributed by atoms with Crippen LogP contribution in [0.25, 0.3) is 22.2 Å². The number of aromatic nitrogens is 1.